The Kier molecular flexibility index (Phi) is 4.71. The lowest BCUT2D eigenvalue weighted by Crippen LogP contribution is -2.41. The predicted octanol–water partition coefficient (Wildman–Crippen LogP) is 1.22. The van der Waals surface area contributed by atoms with Crippen molar-refractivity contribution in [3.05, 3.63) is 58.3 Å². The van der Waals surface area contributed by atoms with Crippen LogP contribution < -0.4 is 5.56 Å². The number of likely N-dealkylation sites (tertiary alicyclic amines) is 1. The van der Waals surface area contributed by atoms with Gasteiger partial charge in [-0.25, -0.2) is 4.39 Å². The van der Waals surface area contributed by atoms with Gasteiger partial charge in [-0.15, -0.1) is 0 Å². The van der Waals surface area contributed by atoms with Gasteiger partial charge in [-0.1, -0.05) is 12.1 Å². The Hall–Kier alpha value is -2.54. The van der Waals surface area contributed by atoms with Gasteiger partial charge in [0.2, 0.25) is 0 Å². The molecule has 0 radical (unpaired) electrons. The molecule has 1 aliphatic heterocycles. The van der Waals surface area contributed by atoms with E-state index in [9.17, 15) is 19.1 Å². The number of aliphatic hydroxyl groups excluding tert-OH is 1. The summed E-state index contributed by atoms with van der Waals surface area (Å²) in [6.45, 7) is 1.07. The molecule has 0 spiro atoms. The third-order valence-corrected chi connectivity index (χ3v) is 4.16. The number of carbonyl (C=O) groups is 1. The molecule has 1 unspecified atom stereocenters. The van der Waals surface area contributed by atoms with Gasteiger partial charge in [-0.3, -0.25) is 9.59 Å². The average molecular weight is 331 g/mol. The number of carbonyl (C=O) groups excluding carboxylic acids is 1. The summed E-state index contributed by atoms with van der Waals surface area (Å²) in [5.41, 5.74) is -0.427. The monoisotopic (exact) mass is 331 g/mol. The van der Waals surface area contributed by atoms with E-state index < -0.39 is 11.4 Å². The number of hydrogen-bond donors (Lipinski definition) is 1. The van der Waals surface area contributed by atoms with Crippen molar-refractivity contribution >= 4 is 5.91 Å². The van der Waals surface area contributed by atoms with Gasteiger partial charge >= 0.3 is 0 Å². The number of benzene rings is 1. The van der Waals surface area contributed by atoms with Crippen molar-refractivity contribution in [2.24, 2.45) is 5.92 Å². The van der Waals surface area contributed by atoms with Crippen molar-refractivity contribution in [1.29, 1.82) is 0 Å². The van der Waals surface area contributed by atoms with Crippen molar-refractivity contribution < 1.29 is 14.3 Å². The van der Waals surface area contributed by atoms with E-state index in [4.69, 9.17) is 0 Å². The zero-order valence-electron chi connectivity index (χ0n) is 13.1. The van der Waals surface area contributed by atoms with E-state index >= 15 is 0 Å². The molecule has 0 aliphatic carbocycles. The first-order valence-corrected chi connectivity index (χ1v) is 7.85. The van der Waals surface area contributed by atoms with E-state index in [-0.39, 0.29) is 29.8 Å². The van der Waals surface area contributed by atoms with Crippen LogP contribution in [0.15, 0.2) is 41.2 Å². The number of para-hydroxylation sites is 1. The van der Waals surface area contributed by atoms with E-state index in [0.29, 0.717) is 13.1 Å². The van der Waals surface area contributed by atoms with Crippen molar-refractivity contribution in [2.75, 3.05) is 19.7 Å². The lowest BCUT2D eigenvalue weighted by Gasteiger charge is -2.31. The highest BCUT2D eigenvalue weighted by Gasteiger charge is 2.25. The molecule has 3 rings (SSSR count). The summed E-state index contributed by atoms with van der Waals surface area (Å²) >= 11 is 0. The molecule has 1 atom stereocenters. The average Bonchev–Trinajstić information content (AvgIpc) is 2.62. The van der Waals surface area contributed by atoms with Gasteiger partial charge in [0.1, 0.15) is 17.2 Å². The van der Waals surface area contributed by atoms with Crippen molar-refractivity contribution in [1.82, 2.24) is 14.7 Å². The lowest BCUT2D eigenvalue weighted by atomic mass is 9.99. The van der Waals surface area contributed by atoms with Crippen LogP contribution in [-0.4, -0.2) is 45.4 Å². The molecule has 2 aromatic rings. The zero-order chi connectivity index (χ0) is 17.1. The molecule has 2 heterocycles. The third kappa shape index (κ3) is 3.21. The number of rotatable bonds is 3. The summed E-state index contributed by atoms with van der Waals surface area (Å²) in [5, 5.41) is 13.3. The minimum Gasteiger partial charge on any atom is -0.396 e. The molecule has 1 saturated heterocycles. The van der Waals surface area contributed by atoms with Crippen molar-refractivity contribution in [3.63, 3.8) is 0 Å². The number of amides is 1. The fourth-order valence-corrected chi connectivity index (χ4v) is 2.88. The number of aromatic nitrogens is 2. The smallest absolute Gasteiger partial charge is 0.274 e. The van der Waals surface area contributed by atoms with E-state index in [1.165, 1.54) is 30.3 Å². The number of halogens is 1. The standard InChI is InChI=1S/C17H18FN3O3/c18-13-5-1-2-6-15(13)21-16(23)8-7-14(19-21)17(24)20-9-3-4-12(10-20)11-22/h1-2,5-8,12,22H,3-4,9-11H2. The molecule has 0 bridgehead atoms. The highest BCUT2D eigenvalue weighted by molar-refractivity contribution is 5.92. The van der Waals surface area contributed by atoms with Crippen molar-refractivity contribution in [2.45, 2.75) is 12.8 Å². The molecule has 0 saturated carbocycles. The van der Waals surface area contributed by atoms with Crippen LogP contribution >= 0.6 is 0 Å². The van der Waals surface area contributed by atoms with E-state index in [1.54, 1.807) is 11.0 Å². The highest BCUT2D eigenvalue weighted by Crippen LogP contribution is 2.17. The predicted molar refractivity (Wildman–Crippen MR) is 85.5 cm³/mol. The number of nitrogens with zero attached hydrogens (tertiary/aromatic N) is 3. The topological polar surface area (TPSA) is 75.4 Å². The summed E-state index contributed by atoms with van der Waals surface area (Å²) in [4.78, 5) is 26.2. The molecule has 1 N–H and O–H groups in total. The Morgan fingerprint density at radius 3 is 2.83 bits per heavy atom. The molecule has 7 heteroatoms. The summed E-state index contributed by atoms with van der Waals surface area (Å²) in [6, 6.07) is 8.33. The number of aliphatic hydroxyl groups is 1. The molecule has 126 valence electrons. The molecular formula is C17H18FN3O3. The van der Waals surface area contributed by atoms with Crippen LogP contribution in [0, 0.1) is 11.7 Å². The fraction of sp³-hybridized carbons (Fsp3) is 0.353. The second-order valence-corrected chi connectivity index (χ2v) is 5.86. The van der Waals surface area contributed by atoms with Crippen LogP contribution in [0.25, 0.3) is 5.69 Å². The highest BCUT2D eigenvalue weighted by atomic mass is 19.1. The fourth-order valence-electron chi connectivity index (χ4n) is 2.88. The van der Waals surface area contributed by atoms with Crippen LogP contribution in [0.5, 0.6) is 0 Å². The van der Waals surface area contributed by atoms with Gasteiger partial charge in [0.25, 0.3) is 11.5 Å². The van der Waals surface area contributed by atoms with Gasteiger partial charge in [0.15, 0.2) is 0 Å². The van der Waals surface area contributed by atoms with Gasteiger partial charge in [-0.05, 0) is 37.0 Å². The number of piperidine rings is 1. The largest absolute Gasteiger partial charge is 0.396 e. The maximum absolute atomic E-state index is 13.9. The van der Waals surface area contributed by atoms with Crippen molar-refractivity contribution in [3.8, 4) is 5.69 Å². The first kappa shape index (κ1) is 16.3. The van der Waals surface area contributed by atoms with E-state index in [2.05, 4.69) is 5.10 Å². The van der Waals surface area contributed by atoms with Crippen LogP contribution in [-0.2, 0) is 0 Å². The molecule has 1 aliphatic rings. The molecule has 1 aromatic heterocycles. The minimum absolute atomic E-state index is 0.00373. The van der Waals surface area contributed by atoms with Crippen LogP contribution in [0.1, 0.15) is 23.3 Å². The second-order valence-electron chi connectivity index (χ2n) is 5.86. The Labute approximate surface area is 138 Å². The number of hydrogen-bond acceptors (Lipinski definition) is 4. The summed E-state index contributed by atoms with van der Waals surface area (Å²) in [6.07, 6.45) is 1.69. The van der Waals surface area contributed by atoms with Crippen LogP contribution in [0.2, 0.25) is 0 Å². The first-order valence-electron chi connectivity index (χ1n) is 7.85. The molecule has 24 heavy (non-hydrogen) atoms. The SMILES string of the molecule is O=C(c1ccc(=O)n(-c2ccccc2F)n1)N1CCCC(CO)C1. The van der Waals surface area contributed by atoms with Gasteiger partial charge in [0, 0.05) is 25.8 Å². The molecule has 1 aromatic carbocycles. The third-order valence-electron chi connectivity index (χ3n) is 4.16. The summed E-state index contributed by atoms with van der Waals surface area (Å²) < 4.78 is 14.8. The quantitative estimate of drug-likeness (QED) is 0.917. The minimum atomic E-state index is -0.588. The normalized spacial score (nSPS) is 17.8. The van der Waals surface area contributed by atoms with Crippen LogP contribution in [0.4, 0.5) is 4.39 Å². The zero-order valence-corrected chi connectivity index (χ0v) is 13.1. The van der Waals surface area contributed by atoms with Gasteiger partial charge < -0.3 is 10.0 Å². The molecular weight excluding hydrogens is 313 g/mol. The Morgan fingerprint density at radius 1 is 1.29 bits per heavy atom. The van der Waals surface area contributed by atoms with Gasteiger partial charge in [-0.2, -0.15) is 9.78 Å². The molecule has 1 amide bonds. The Morgan fingerprint density at radius 2 is 2.08 bits per heavy atom. The van der Waals surface area contributed by atoms with Crippen LogP contribution in [0.3, 0.4) is 0 Å². The van der Waals surface area contributed by atoms with E-state index in [1.807, 2.05) is 0 Å². The molecule has 6 nitrogen and oxygen atoms in total. The van der Waals surface area contributed by atoms with Gasteiger partial charge in [0.05, 0.1) is 0 Å². The molecule has 1 fully saturated rings. The maximum atomic E-state index is 13.9. The Balaban J connectivity index is 1.92. The summed E-state index contributed by atoms with van der Waals surface area (Å²) in [5.74, 6) is -0.853. The van der Waals surface area contributed by atoms with E-state index in [0.717, 1.165) is 17.5 Å². The second kappa shape index (κ2) is 6.92. The lowest BCUT2D eigenvalue weighted by molar-refractivity contribution is 0.0613. The Bertz CT molecular complexity index is 806. The summed E-state index contributed by atoms with van der Waals surface area (Å²) in [7, 11) is 0. The maximum Gasteiger partial charge on any atom is 0.274 e. The first-order chi connectivity index (χ1) is 11.6.